The van der Waals surface area contributed by atoms with Crippen molar-refractivity contribution in [3.63, 3.8) is 0 Å². The summed E-state index contributed by atoms with van der Waals surface area (Å²) in [6.07, 6.45) is 0. The zero-order chi connectivity index (χ0) is 17.8. The van der Waals surface area contributed by atoms with Gasteiger partial charge in [0.1, 0.15) is 23.1 Å². The number of carbonyl (C=O) groups excluding carboxylic acids is 1. The largest absolute Gasteiger partial charge is 0.371 e. The summed E-state index contributed by atoms with van der Waals surface area (Å²) in [4.78, 5) is 15.9. The van der Waals surface area contributed by atoms with Gasteiger partial charge in [-0.25, -0.2) is 13.2 Å². The molecule has 1 heterocycles. The smallest absolute Gasteiger partial charge is 0.241 e. The molecule has 0 atom stereocenters. The van der Waals surface area contributed by atoms with E-state index in [-0.39, 0.29) is 24.0 Å². The van der Waals surface area contributed by atoms with E-state index in [2.05, 4.69) is 10.2 Å². The quantitative estimate of drug-likeness (QED) is 0.922. The maximum absolute atomic E-state index is 13.5. The third-order valence-corrected chi connectivity index (χ3v) is 4.20. The summed E-state index contributed by atoms with van der Waals surface area (Å²) in [5.41, 5.74) is 0.612. The van der Waals surface area contributed by atoms with E-state index in [0.29, 0.717) is 26.2 Å². The summed E-state index contributed by atoms with van der Waals surface area (Å²) in [5.74, 6) is -1.96. The van der Waals surface area contributed by atoms with Gasteiger partial charge < -0.3 is 15.1 Å². The van der Waals surface area contributed by atoms with Crippen molar-refractivity contribution >= 4 is 17.3 Å². The average Bonchev–Trinajstić information content (AvgIpc) is 2.62. The standard InChI is InChI=1S/C18H18F3N3O/c19-13-4-6-14(7-5-13)23-8-10-24(11-9-23)17(25)12-22-18-15(20)2-1-3-16(18)21/h1-7,22H,8-12H2. The predicted octanol–water partition coefficient (Wildman–Crippen LogP) is 2.86. The van der Waals surface area contributed by atoms with Crippen LogP contribution in [-0.2, 0) is 4.79 Å². The van der Waals surface area contributed by atoms with Crippen LogP contribution in [0, 0.1) is 17.5 Å². The van der Waals surface area contributed by atoms with E-state index in [4.69, 9.17) is 0 Å². The Morgan fingerprint density at radius 3 is 2.12 bits per heavy atom. The van der Waals surface area contributed by atoms with Crippen molar-refractivity contribution in [3.8, 4) is 0 Å². The molecule has 0 unspecified atom stereocenters. The lowest BCUT2D eigenvalue weighted by Crippen LogP contribution is -2.50. The van der Waals surface area contributed by atoms with Crippen LogP contribution < -0.4 is 10.2 Å². The molecule has 0 spiro atoms. The Balaban J connectivity index is 1.52. The molecule has 1 aliphatic rings. The molecule has 25 heavy (non-hydrogen) atoms. The van der Waals surface area contributed by atoms with Crippen molar-refractivity contribution in [2.45, 2.75) is 0 Å². The van der Waals surface area contributed by atoms with E-state index in [1.54, 1.807) is 17.0 Å². The Hall–Kier alpha value is -2.70. The molecule has 0 aliphatic carbocycles. The highest BCUT2D eigenvalue weighted by molar-refractivity contribution is 5.81. The molecule has 132 valence electrons. The minimum absolute atomic E-state index is 0.172. The molecule has 2 aromatic carbocycles. The molecule has 1 N–H and O–H groups in total. The lowest BCUT2D eigenvalue weighted by molar-refractivity contribution is -0.129. The van der Waals surface area contributed by atoms with Gasteiger partial charge in [-0.05, 0) is 36.4 Å². The first-order valence-electron chi connectivity index (χ1n) is 8.01. The Kier molecular flexibility index (Phi) is 5.11. The first-order valence-corrected chi connectivity index (χ1v) is 8.01. The molecule has 1 aliphatic heterocycles. The van der Waals surface area contributed by atoms with Crippen molar-refractivity contribution in [2.24, 2.45) is 0 Å². The fourth-order valence-electron chi connectivity index (χ4n) is 2.81. The van der Waals surface area contributed by atoms with E-state index >= 15 is 0 Å². The van der Waals surface area contributed by atoms with Gasteiger partial charge in [-0.3, -0.25) is 4.79 Å². The normalized spacial score (nSPS) is 14.5. The number of nitrogens with zero attached hydrogens (tertiary/aromatic N) is 2. The number of amides is 1. The van der Waals surface area contributed by atoms with Crippen molar-refractivity contribution in [2.75, 3.05) is 42.9 Å². The third kappa shape index (κ3) is 4.04. The molecule has 1 saturated heterocycles. The fraction of sp³-hybridized carbons (Fsp3) is 0.278. The number of rotatable bonds is 4. The van der Waals surface area contributed by atoms with Crippen molar-refractivity contribution in [1.29, 1.82) is 0 Å². The van der Waals surface area contributed by atoms with Gasteiger partial charge in [0.2, 0.25) is 5.91 Å². The van der Waals surface area contributed by atoms with Crippen LogP contribution in [-0.4, -0.2) is 43.5 Å². The maximum atomic E-state index is 13.5. The van der Waals surface area contributed by atoms with Crippen LogP contribution in [0.1, 0.15) is 0 Å². The fourth-order valence-corrected chi connectivity index (χ4v) is 2.81. The molecule has 0 saturated carbocycles. The van der Waals surface area contributed by atoms with E-state index in [1.807, 2.05) is 0 Å². The average molecular weight is 349 g/mol. The number of piperazine rings is 1. The molecule has 1 amide bonds. The van der Waals surface area contributed by atoms with Gasteiger partial charge in [-0.1, -0.05) is 6.07 Å². The van der Waals surface area contributed by atoms with Crippen LogP contribution in [0.3, 0.4) is 0 Å². The van der Waals surface area contributed by atoms with Crippen molar-refractivity contribution < 1.29 is 18.0 Å². The number of halogens is 3. The van der Waals surface area contributed by atoms with Crippen molar-refractivity contribution in [3.05, 3.63) is 59.9 Å². The van der Waals surface area contributed by atoms with Gasteiger partial charge in [0, 0.05) is 31.9 Å². The predicted molar refractivity (Wildman–Crippen MR) is 90.0 cm³/mol. The number of hydrogen-bond donors (Lipinski definition) is 1. The summed E-state index contributed by atoms with van der Waals surface area (Å²) in [6, 6.07) is 9.76. The van der Waals surface area contributed by atoms with E-state index in [9.17, 15) is 18.0 Å². The highest BCUT2D eigenvalue weighted by Gasteiger charge is 2.21. The number of hydrogen-bond acceptors (Lipinski definition) is 3. The molecule has 0 aromatic heterocycles. The monoisotopic (exact) mass is 349 g/mol. The SMILES string of the molecule is O=C(CNc1c(F)cccc1F)N1CCN(c2ccc(F)cc2)CC1. The van der Waals surface area contributed by atoms with E-state index < -0.39 is 11.6 Å². The first kappa shape index (κ1) is 17.1. The van der Waals surface area contributed by atoms with Crippen molar-refractivity contribution in [1.82, 2.24) is 4.90 Å². The second-order valence-electron chi connectivity index (χ2n) is 5.79. The summed E-state index contributed by atoms with van der Waals surface area (Å²) in [6.45, 7) is 2.06. The topological polar surface area (TPSA) is 35.6 Å². The highest BCUT2D eigenvalue weighted by Crippen LogP contribution is 2.19. The highest BCUT2D eigenvalue weighted by atomic mass is 19.1. The molecular formula is C18H18F3N3O. The first-order chi connectivity index (χ1) is 12.0. The van der Waals surface area contributed by atoms with Crippen LogP contribution in [0.5, 0.6) is 0 Å². The van der Waals surface area contributed by atoms with Gasteiger partial charge in [0.05, 0.1) is 6.54 Å². The van der Waals surface area contributed by atoms with Crippen LogP contribution >= 0.6 is 0 Å². The van der Waals surface area contributed by atoms with E-state index in [0.717, 1.165) is 17.8 Å². The van der Waals surface area contributed by atoms with Gasteiger partial charge in [-0.15, -0.1) is 0 Å². The molecule has 4 nitrogen and oxygen atoms in total. The number of carbonyl (C=O) groups is 1. The third-order valence-electron chi connectivity index (χ3n) is 4.20. The van der Waals surface area contributed by atoms with Crippen LogP contribution in [0.25, 0.3) is 0 Å². The minimum Gasteiger partial charge on any atom is -0.371 e. The molecule has 0 radical (unpaired) electrons. The summed E-state index contributed by atoms with van der Waals surface area (Å²) in [7, 11) is 0. The second kappa shape index (κ2) is 7.46. The molecule has 2 aromatic rings. The number of nitrogens with one attached hydrogen (secondary N) is 1. The molecular weight excluding hydrogens is 331 g/mol. The Morgan fingerprint density at radius 2 is 1.52 bits per heavy atom. The van der Waals surface area contributed by atoms with Crippen LogP contribution in [0.2, 0.25) is 0 Å². The van der Waals surface area contributed by atoms with Gasteiger partial charge in [0.25, 0.3) is 0 Å². The zero-order valence-corrected chi connectivity index (χ0v) is 13.5. The summed E-state index contributed by atoms with van der Waals surface area (Å²) >= 11 is 0. The summed E-state index contributed by atoms with van der Waals surface area (Å²) in [5, 5.41) is 2.53. The van der Waals surface area contributed by atoms with Crippen LogP contribution in [0.4, 0.5) is 24.5 Å². The van der Waals surface area contributed by atoms with Gasteiger partial charge in [-0.2, -0.15) is 0 Å². The number of para-hydroxylation sites is 1. The molecule has 0 bridgehead atoms. The lowest BCUT2D eigenvalue weighted by Gasteiger charge is -2.36. The Bertz CT molecular complexity index is 723. The Labute approximate surface area is 143 Å². The minimum atomic E-state index is -0.728. The number of anilines is 2. The number of benzene rings is 2. The van der Waals surface area contributed by atoms with Gasteiger partial charge in [0.15, 0.2) is 0 Å². The summed E-state index contributed by atoms with van der Waals surface area (Å²) < 4.78 is 40.1. The maximum Gasteiger partial charge on any atom is 0.241 e. The molecule has 3 rings (SSSR count). The molecule has 7 heteroatoms. The second-order valence-corrected chi connectivity index (χ2v) is 5.79. The zero-order valence-electron chi connectivity index (χ0n) is 13.5. The van der Waals surface area contributed by atoms with Gasteiger partial charge >= 0.3 is 0 Å². The van der Waals surface area contributed by atoms with E-state index in [1.165, 1.54) is 18.2 Å². The lowest BCUT2D eigenvalue weighted by atomic mass is 10.2. The molecule has 1 fully saturated rings. The van der Waals surface area contributed by atoms with Crippen LogP contribution in [0.15, 0.2) is 42.5 Å². The Morgan fingerprint density at radius 1 is 0.920 bits per heavy atom.